The zero-order valence-corrected chi connectivity index (χ0v) is 17.6. The summed E-state index contributed by atoms with van der Waals surface area (Å²) >= 11 is 0. The van der Waals surface area contributed by atoms with Crippen LogP contribution in [0.15, 0.2) is 41.0 Å². The van der Waals surface area contributed by atoms with E-state index in [9.17, 15) is 0 Å². The van der Waals surface area contributed by atoms with Crippen LogP contribution in [0.5, 0.6) is 0 Å². The van der Waals surface area contributed by atoms with E-state index < -0.39 is 0 Å². The van der Waals surface area contributed by atoms with Gasteiger partial charge in [-0.3, -0.25) is 4.90 Å². The summed E-state index contributed by atoms with van der Waals surface area (Å²) in [6.45, 7) is 11.2. The second kappa shape index (κ2) is 8.78. The van der Waals surface area contributed by atoms with Crippen LogP contribution >= 0.6 is 0 Å². The Bertz CT molecular complexity index is 911. The second-order valence-corrected chi connectivity index (χ2v) is 7.89. The highest BCUT2D eigenvalue weighted by Gasteiger charge is 2.29. The van der Waals surface area contributed by atoms with Crippen LogP contribution in [0.4, 0.5) is 5.69 Å². The summed E-state index contributed by atoms with van der Waals surface area (Å²) in [5, 5.41) is 12.6. The van der Waals surface area contributed by atoms with Crippen molar-refractivity contribution in [3.8, 4) is 0 Å². The molecule has 154 valence electrons. The van der Waals surface area contributed by atoms with Crippen molar-refractivity contribution in [1.29, 1.82) is 0 Å². The van der Waals surface area contributed by atoms with E-state index in [2.05, 4.69) is 64.3 Å². The van der Waals surface area contributed by atoms with E-state index in [0.717, 1.165) is 50.6 Å². The van der Waals surface area contributed by atoms with Gasteiger partial charge in [-0.1, -0.05) is 25.5 Å². The molecule has 0 amide bonds. The number of piperazine rings is 1. The summed E-state index contributed by atoms with van der Waals surface area (Å²) in [6.07, 6.45) is 3.83. The highest BCUT2D eigenvalue weighted by molar-refractivity contribution is 5.55. The molecule has 3 heterocycles. The highest BCUT2D eigenvalue weighted by atomic mass is 16.3. The molecular formula is C22H30N6O. The first kappa shape index (κ1) is 19.6. The Morgan fingerprint density at radius 1 is 1.10 bits per heavy atom. The summed E-state index contributed by atoms with van der Waals surface area (Å²) in [6, 6.07) is 10.8. The fourth-order valence-corrected chi connectivity index (χ4v) is 4.20. The molecule has 0 radical (unpaired) electrons. The predicted molar refractivity (Wildman–Crippen MR) is 113 cm³/mol. The van der Waals surface area contributed by atoms with Crippen molar-refractivity contribution >= 4 is 5.69 Å². The van der Waals surface area contributed by atoms with Crippen molar-refractivity contribution in [1.82, 2.24) is 25.1 Å². The molecule has 7 nitrogen and oxygen atoms in total. The lowest BCUT2D eigenvalue weighted by Crippen LogP contribution is -2.48. The van der Waals surface area contributed by atoms with Crippen LogP contribution in [0.2, 0.25) is 0 Å². The lowest BCUT2D eigenvalue weighted by molar-refractivity contribution is 0.164. The number of hydrogen-bond donors (Lipinski definition) is 0. The lowest BCUT2D eigenvalue weighted by Gasteiger charge is -2.40. The van der Waals surface area contributed by atoms with E-state index in [1.165, 1.54) is 16.8 Å². The third kappa shape index (κ3) is 4.34. The minimum absolute atomic E-state index is 0.228. The second-order valence-electron chi connectivity index (χ2n) is 7.89. The van der Waals surface area contributed by atoms with Gasteiger partial charge in [0.1, 0.15) is 12.3 Å². The van der Waals surface area contributed by atoms with Crippen LogP contribution in [0, 0.1) is 13.8 Å². The third-order valence-electron chi connectivity index (χ3n) is 5.77. The topological polar surface area (TPSA) is 63.2 Å². The minimum atomic E-state index is 0.228. The van der Waals surface area contributed by atoms with Crippen LogP contribution < -0.4 is 4.90 Å². The van der Waals surface area contributed by atoms with Crippen molar-refractivity contribution in [3.05, 3.63) is 59.3 Å². The molecule has 2 aromatic heterocycles. The number of aromatic nitrogens is 4. The number of furan rings is 1. The van der Waals surface area contributed by atoms with E-state index in [-0.39, 0.29) is 6.04 Å². The third-order valence-corrected chi connectivity index (χ3v) is 5.77. The van der Waals surface area contributed by atoms with Crippen LogP contribution in [0.1, 0.15) is 48.5 Å². The molecule has 0 N–H and O–H groups in total. The van der Waals surface area contributed by atoms with Gasteiger partial charge >= 0.3 is 0 Å². The molecule has 1 aromatic carbocycles. The average molecular weight is 395 g/mol. The monoisotopic (exact) mass is 394 g/mol. The molecule has 0 unspecified atom stereocenters. The molecular weight excluding hydrogens is 364 g/mol. The molecule has 3 aromatic rings. The van der Waals surface area contributed by atoms with Crippen LogP contribution in [-0.4, -0.2) is 51.3 Å². The van der Waals surface area contributed by atoms with Gasteiger partial charge in [0.15, 0.2) is 5.82 Å². The number of benzene rings is 1. The Hall–Kier alpha value is -2.67. The van der Waals surface area contributed by atoms with Gasteiger partial charge in [0.2, 0.25) is 0 Å². The van der Waals surface area contributed by atoms with Crippen LogP contribution in [-0.2, 0) is 6.54 Å². The molecule has 1 saturated heterocycles. The number of hydrogen-bond acceptors (Lipinski definition) is 6. The molecule has 7 heteroatoms. The number of aryl methyl sites for hydroxylation is 2. The molecule has 1 atom stereocenters. The maximum Gasteiger partial charge on any atom is 0.168 e. The van der Waals surface area contributed by atoms with Gasteiger partial charge in [-0.05, 0) is 60.0 Å². The average Bonchev–Trinajstić information content (AvgIpc) is 3.41. The van der Waals surface area contributed by atoms with E-state index in [1.54, 1.807) is 6.26 Å². The van der Waals surface area contributed by atoms with Gasteiger partial charge < -0.3 is 9.32 Å². The summed E-state index contributed by atoms with van der Waals surface area (Å²) in [5.74, 6) is 1.80. The molecule has 1 fully saturated rings. The summed E-state index contributed by atoms with van der Waals surface area (Å²) < 4.78 is 7.38. The Balaban J connectivity index is 1.48. The zero-order chi connectivity index (χ0) is 20.2. The molecule has 1 aliphatic rings. The van der Waals surface area contributed by atoms with Crippen LogP contribution in [0.25, 0.3) is 0 Å². The standard InChI is InChI=1S/C22H30N6O/c1-4-6-20(22-23-24-25-28(22)16-19-7-5-14-29-19)26-10-12-27(13-11-26)21-15-17(2)8-9-18(21)3/h5,7-9,14-15,20H,4,6,10-13,16H2,1-3H3/t20-/m1/s1. The normalized spacial score (nSPS) is 16.3. The Labute approximate surface area is 172 Å². The smallest absolute Gasteiger partial charge is 0.168 e. The molecule has 29 heavy (non-hydrogen) atoms. The van der Waals surface area contributed by atoms with Crippen molar-refractivity contribution in [3.63, 3.8) is 0 Å². The Morgan fingerprint density at radius 3 is 2.66 bits per heavy atom. The number of rotatable bonds is 7. The fraction of sp³-hybridized carbons (Fsp3) is 0.500. The highest BCUT2D eigenvalue weighted by Crippen LogP contribution is 2.28. The molecule has 0 aliphatic carbocycles. The van der Waals surface area contributed by atoms with Crippen molar-refractivity contribution in [2.45, 2.75) is 46.2 Å². The fourth-order valence-electron chi connectivity index (χ4n) is 4.20. The molecule has 0 saturated carbocycles. The molecule has 4 rings (SSSR count). The van der Waals surface area contributed by atoms with Crippen molar-refractivity contribution in [2.75, 3.05) is 31.1 Å². The number of anilines is 1. The predicted octanol–water partition coefficient (Wildman–Crippen LogP) is 3.59. The van der Waals surface area contributed by atoms with Gasteiger partial charge in [-0.15, -0.1) is 5.10 Å². The van der Waals surface area contributed by atoms with E-state index >= 15 is 0 Å². The maximum atomic E-state index is 5.49. The first-order valence-electron chi connectivity index (χ1n) is 10.5. The molecule has 0 spiro atoms. The van der Waals surface area contributed by atoms with Gasteiger partial charge in [-0.25, -0.2) is 4.68 Å². The number of tetrazole rings is 1. The first-order valence-corrected chi connectivity index (χ1v) is 10.5. The van der Waals surface area contributed by atoms with E-state index in [0.29, 0.717) is 6.54 Å². The maximum absolute atomic E-state index is 5.49. The Morgan fingerprint density at radius 2 is 1.93 bits per heavy atom. The van der Waals surface area contributed by atoms with E-state index in [4.69, 9.17) is 4.42 Å². The largest absolute Gasteiger partial charge is 0.467 e. The van der Waals surface area contributed by atoms with Gasteiger partial charge in [0.05, 0.1) is 12.3 Å². The lowest BCUT2D eigenvalue weighted by atomic mass is 10.1. The number of nitrogens with zero attached hydrogens (tertiary/aromatic N) is 6. The summed E-state index contributed by atoms with van der Waals surface area (Å²) in [5.41, 5.74) is 4.02. The Kier molecular flexibility index (Phi) is 5.94. The van der Waals surface area contributed by atoms with Crippen molar-refractivity contribution in [2.24, 2.45) is 0 Å². The van der Waals surface area contributed by atoms with Crippen LogP contribution in [0.3, 0.4) is 0 Å². The summed E-state index contributed by atoms with van der Waals surface area (Å²) in [4.78, 5) is 5.04. The quantitative estimate of drug-likeness (QED) is 0.610. The van der Waals surface area contributed by atoms with Crippen molar-refractivity contribution < 1.29 is 4.42 Å². The van der Waals surface area contributed by atoms with Gasteiger partial charge in [0, 0.05) is 31.9 Å². The first-order chi connectivity index (χ1) is 14.2. The van der Waals surface area contributed by atoms with Gasteiger partial charge in [-0.2, -0.15) is 0 Å². The van der Waals surface area contributed by atoms with E-state index in [1.807, 2.05) is 16.8 Å². The molecule has 0 bridgehead atoms. The SMILES string of the molecule is CCC[C@H](c1nnnn1Cc1ccco1)N1CCN(c2cc(C)ccc2C)CC1. The zero-order valence-electron chi connectivity index (χ0n) is 17.6. The van der Waals surface area contributed by atoms with Gasteiger partial charge in [0.25, 0.3) is 0 Å². The minimum Gasteiger partial charge on any atom is -0.467 e. The molecule has 1 aliphatic heterocycles. The summed E-state index contributed by atoms with van der Waals surface area (Å²) in [7, 11) is 0.